The summed E-state index contributed by atoms with van der Waals surface area (Å²) in [6, 6.07) is 7.52. The molecule has 32 heavy (non-hydrogen) atoms. The summed E-state index contributed by atoms with van der Waals surface area (Å²) in [5.41, 5.74) is 0.442. The summed E-state index contributed by atoms with van der Waals surface area (Å²) in [4.78, 5) is 44.7. The topological polar surface area (TPSA) is 96.8 Å². The number of thiophene rings is 1. The molecule has 1 atom stereocenters. The fourth-order valence-electron chi connectivity index (χ4n) is 3.38. The van der Waals surface area contributed by atoms with E-state index in [1.165, 1.54) is 28.4 Å². The number of rotatable bonds is 5. The molecule has 7 nitrogen and oxygen atoms in total. The van der Waals surface area contributed by atoms with Gasteiger partial charge in [-0.05, 0) is 49.6 Å². The molecule has 0 unspecified atom stereocenters. The van der Waals surface area contributed by atoms with Gasteiger partial charge in [-0.1, -0.05) is 17.4 Å². The number of nitrogens with zero attached hydrogens (tertiary/aromatic N) is 2. The standard InChI is InChI=1S/C22H17FN2O5S2/c1-3-30-21(29)19-11(2)24-22(32-19)25-16(14-5-4-10-31-14)15(18(27)20(25)28)17(26)12-6-8-13(23)9-7-12/h4-10,16,26H,3H2,1-2H3/b17-15+/t16-/m1/s1. The van der Waals surface area contributed by atoms with Crippen LogP contribution in [0.1, 0.15) is 38.8 Å². The second-order valence-corrected chi connectivity index (χ2v) is 8.78. The first kappa shape index (κ1) is 21.8. The van der Waals surface area contributed by atoms with Crippen molar-refractivity contribution in [3.63, 3.8) is 0 Å². The molecule has 0 bridgehead atoms. The molecule has 3 heterocycles. The van der Waals surface area contributed by atoms with Gasteiger partial charge in [0.05, 0.1) is 17.9 Å². The van der Waals surface area contributed by atoms with E-state index in [0.29, 0.717) is 10.6 Å². The smallest absolute Gasteiger partial charge is 0.350 e. The maximum atomic E-state index is 13.3. The van der Waals surface area contributed by atoms with E-state index >= 15 is 0 Å². The highest BCUT2D eigenvalue weighted by atomic mass is 32.1. The number of carbonyl (C=O) groups excluding carboxylic acids is 3. The molecule has 2 aromatic heterocycles. The summed E-state index contributed by atoms with van der Waals surface area (Å²) in [5.74, 6) is -3.25. The Morgan fingerprint density at radius 2 is 1.97 bits per heavy atom. The number of thiazole rings is 1. The Kier molecular flexibility index (Phi) is 5.90. The van der Waals surface area contributed by atoms with Gasteiger partial charge in [0.25, 0.3) is 5.78 Å². The van der Waals surface area contributed by atoms with Gasteiger partial charge >= 0.3 is 11.9 Å². The Morgan fingerprint density at radius 3 is 2.59 bits per heavy atom. The first-order valence-corrected chi connectivity index (χ1v) is 11.3. The number of esters is 1. The van der Waals surface area contributed by atoms with Crippen LogP contribution in [0.25, 0.3) is 5.76 Å². The molecule has 0 saturated carbocycles. The molecule has 1 saturated heterocycles. The van der Waals surface area contributed by atoms with Gasteiger partial charge in [0, 0.05) is 10.4 Å². The van der Waals surface area contributed by atoms with Gasteiger partial charge in [0.2, 0.25) is 0 Å². The van der Waals surface area contributed by atoms with E-state index in [1.807, 2.05) is 0 Å². The number of carbonyl (C=O) groups is 3. The van der Waals surface area contributed by atoms with Gasteiger partial charge in [0.15, 0.2) is 5.13 Å². The summed E-state index contributed by atoms with van der Waals surface area (Å²) in [7, 11) is 0. The van der Waals surface area contributed by atoms with Crippen molar-refractivity contribution in [1.29, 1.82) is 0 Å². The van der Waals surface area contributed by atoms with Crippen molar-refractivity contribution in [2.24, 2.45) is 0 Å². The van der Waals surface area contributed by atoms with Crippen LogP contribution in [-0.2, 0) is 14.3 Å². The molecule has 1 aromatic carbocycles. The lowest BCUT2D eigenvalue weighted by molar-refractivity contribution is -0.132. The number of ether oxygens (including phenoxy) is 1. The fourth-order valence-corrected chi connectivity index (χ4v) is 5.19. The van der Waals surface area contributed by atoms with E-state index in [9.17, 15) is 23.9 Å². The zero-order chi connectivity index (χ0) is 23.0. The molecule has 1 amide bonds. The van der Waals surface area contributed by atoms with E-state index in [0.717, 1.165) is 23.5 Å². The number of aliphatic hydroxyl groups excluding tert-OH is 1. The number of Topliss-reactive ketones (excluding diaryl/α,β-unsaturated/α-hetero) is 1. The Labute approximate surface area is 190 Å². The molecule has 1 N–H and O–H groups in total. The zero-order valence-electron chi connectivity index (χ0n) is 17.0. The molecule has 0 spiro atoms. The van der Waals surface area contributed by atoms with E-state index in [1.54, 1.807) is 31.4 Å². The molecule has 0 aliphatic carbocycles. The minimum Gasteiger partial charge on any atom is -0.507 e. The van der Waals surface area contributed by atoms with Gasteiger partial charge in [0.1, 0.15) is 22.5 Å². The minimum absolute atomic E-state index is 0.130. The second kappa shape index (κ2) is 8.64. The molecule has 10 heteroatoms. The average Bonchev–Trinajstić information content (AvgIpc) is 3.48. The van der Waals surface area contributed by atoms with E-state index in [4.69, 9.17) is 4.74 Å². The number of amides is 1. The molecule has 0 radical (unpaired) electrons. The number of hydrogen-bond donors (Lipinski definition) is 1. The Bertz CT molecular complexity index is 1230. The Hall–Kier alpha value is -3.37. The molecule has 1 fully saturated rings. The number of hydrogen-bond acceptors (Lipinski definition) is 8. The third kappa shape index (κ3) is 3.71. The van der Waals surface area contributed by atoms with Gasteiger partial charge in [-0.3, -0.25) is 14.5 Å². The van der Waals surface area contributed by atoms with Crippen molar-refractivity contribution in [2.75, 3.05) is 11.5 Å². The van der Waals surface area contributed by atoms with Crippen LogP contribution in [0, 0.1) is 12.7 Å². The summed E-state index contributed by atoms with van der Waals surface area (Å²) in [5, 5.41) is 12.8. The summed E-state index contributed by atoms with van der Waals surface area (Å²) >= 11 is 2.24. The zero-order valence-corrected chi connectivity index (χ0v) is 18.6. The van der Waals surface area contributed by atoms with Crippen molar-refractivity contribution in [2.45, 2.75) is 19.9 Å². The first-order valence-electron chi connectivity index (χ1n) is 9.58. The third-order valence-electron chi connectivity index (χ3n) is 4.83. The highest BCUT2D eigenvalue weighted by Crippen LogP contribution is 2.45. The van der Waals surface area contributed by atoms with Gasteiger partial charge < -0.3 is 9.84 Å². The van der Waals surface area contributed by atoms with Crippen LogP contribution >= 0.6 is 22.7 Å². The summed E-state index contributed by atoms with van der Waals surface area (Å²) < 4.78 is 18.4. The molecule has 164 valence electrons. The van der Waals surface area contributed by atoms with Crippen LogP contribution in [0.3, 0.4) is 0 Å². The van der Waals surface area contributed by atoms with E-state index < -0.39 is 35.3 Å². The van der Waals surface area contributed by atoms with Gasteiger partial charge in [-0.2, -0.15) is 0 Å². The summed E-state index contributed by atoms with van der Waals surface area (Å²) in [6.07, 6.45) is 0. The van der Waals surface area contributed by atoms with Crippen LogP contribution in [-0.4, -0.2) is 34.4 Å². The Balaban J connectivity index is 1.87. The van der Waals surface area contributed by atoms with Crippen molar-refractivity contribution in [3.8, 4) is 0 Å². The van der Waals surface area contributed by atoms with Crippen molar-refractivity contribution < 1.29 is 28.6 Å². The van der Waals surface area contributed by atoms with E-state index in [2.05, 4.69) is 4.98 Å². The Morgan fingerprint density at radius 1 is 1.25 bits per heavy atom. The van der Waals surface area contributed by atoms with Crippen LogP contribution in [0.2, 0.25) is 0 Å². The maximum Gasteiger partial charge on any atom is 0.350 e. The van der Waals surface area contributed by atoms with Gasteiger partial charge in [-0.15, -0.1) is 11.3 Å². The number of benzene rings is 1. The number of ketones is 1. The van der Waals surface area contributed by atoms with Crippen molar-refractivity contribution >= 4 is 51.2 Å². The molecule has 1 aliphatic heterocycles. The van der Waals surface area contributed by atoms with Crippen LogP contribution in [0.4, 0.5) is 9.52 Å². The lowest BCUT2D eigenvalue weighted by Crippen LogP contribution is -2.29. The predicted molar refractivity (Wildman–Crippen MR) is 118 cm³/mol. The highest BCUT2D eigenvalue weighted by Gasteiger charge is 2.48. The second-order valence-electron chi connectivity index (χ2n) is 6.82. The third-order valence-corrected chi connectivity index (χ3v) is 6.89. The van der Waals surface area contributed by atoms with Crippen LogP contribution in [0.15, 0.2) is 47.4 Å². The lowest BCUT2D eigenvalue weighted by Gasteiger charge is -2.21. The number of aliphatic hydroxyl groups is 1. The number of aryl methyl sites for hydroxylation is 1. The lowest BCUT2D eigenvalue weighted by atomic mass is 10.00. The minimum atomic E-state index is -0.944. The molecular formula is C22H17FN2O5S2. The maximum absolute atomic E-state index is 13.3. The summed E-state index contributed by atoms with van der Waals surface area (Å²) in [6.45, 7) is 3.48. The monoisotopic (exact) mass is 472 g/mol. The normalized spacial score (nSPS) is 17.7. The number of halogens is 1. The van der Waals surface area contributed by atoms with Gasteiger partial charge in [-0.25, -0.2) is 14.2 Å². The molecule has 1 aliphatic rings. The largest absolute Gasteiger partial charge is 0.507 e. The predicted octanol–water partition coefficient (Wildman–Crippen LogP) is 4.46. The molecular weight excluding hydrogens is 455 g/mol. The number of aromatic nitrogens is 1. The van der Waals surface area contributed by atoms with Crippen LogP contribution in [0.5, 0.6) is 0 Å². The van der Waals surface area contributed by atoms with E-state index in [-0.39, 0.29) is 27.8 Å². The SMILES string of the molecule is CCOC(=O)c1sc(N2C(=O)C(=O)/C(=C(/O)c3ccc(F)cc3)[C@H]2c2cccs2)nc1C. The van der Waals surface area contributed by atoms with Crippen LogP contribution < -0.4 is 4.90 Å². The average molecular weight is 473 g/mol. The fraction of sp³-hybridized carbons (Fsp3) is 0.182. The highest BCUT2D eigenvalue weighted by molar-refractivity contribution is 7.18. The van der Waals surface area contributed by atoms with Crippen molar-refractivity contribution in [1.82, 2.24) is 4.98 Å². The molecule has 3 aromatic rings. The molecule has 4 rings (SSSR count). The number of anilines is 1. The quantitative estimate of drug-likeness (QED) is 0.255. The van der Waals surface area contributed by atoms with Crippen molar-refractivity contribution in [3.05, 3.63) is 74.2 Å². The first-order chi connectivity index (χ1) is 15.3.